The normalized spacial score (nSPS) is 28.2. The number of hydrogen-bond acceptors (Lipinski definition) is 3. The monoisotopic (exact) mass is 201 g/mol. The van der Waals surface area contributed by atoms with Crippen LogP contribution in [0, 0.1) is 5.92 Å². The van der Waals surface area contributed by atoms with Gasteiger partial charge in [-0.05, 0) is 13.8 Å². The predicted molar refractivity (Wildman–Crippen MR) is 52.8 cm³/mol. The van der Waals surface area contributed by atoms with Crippen LogP contribution in [0.25, 0.3) is 0 Å². The van der Waals surface area contributed by atoms with E-state index in [-0.39, 0.29) is 11.8 Å². The Morgan fingerprint density at radius 2 is 2.07 bits per heavy atom. The number of hydrogen-bond donors (Lipinski definition) is 1. The second-order valence-corrected chi connectivity index (χ2v) is 4.47. The van der Waals surface area contributed by atoms with Crippen LogP contribution in [0.4, 0.5) is 0 Å². The third kappa shape index (κ3) is 2.07. The summed E-state index contributed by atoms with van der Waals surface area (Å²) >= 11 is 0. The molecule has 1 saturated heterocycles. The van der Waals surface area contributed by atoms with Crippen molar-refractivity contribution in [2.24, 2.45) is 5.92 Å². The van der Waals surface area contributed by atoms with Crippen molar-refractivity contribution in [3.8, 4) is 0 Å². The van der Waals surface area contributed by atoms with E-state index >= 15 is 0 Å². The lowest BCUT2D eigenvalue weighted by Crippen LogP contribution is -2.45. The number of amides is 1. The van der Waals surface area contributed by atoms with Gasteiger partial charge in [-0.1, -0.05) is 6.92 Å². The highest BCUT2D eigenvalue weighted by molar-refractivity contribution is 5.84. The summed E-state index contributed by atoms with van der Waals surface area (Å²) in [4.78, 5) is 13.5. The number of carbonyl (C=O) groups is 1. The lowest BCUT2D eigenvalue weighted by atomic mass is 10.1. The van der Waals surface area contributed by atoms with Gasteiger partial charge in [0.25, 0.3) is 5.91 Å². The molecule has 1 N–H and O–H groups in total. The Bertz CT molecular complexity index is 217. The zero-order valence-corrected chi connectivity index (χ0v) is 9.28. The Labute approximate surface area is 84.8 Å². The zero-order valence-electron chi connectivity index (χ0n) is 9.28. The summed E-state index contributed by atoms with van der Waals surface area (Å²) in [5.41, 5.74) is -0.788. The summed E-state index contributed by atoms with van der Waals surface area (Å²) in [6.07, 6.45) is -0.397. The summed E-state index contributed by atoms with van der Waals surface area (Å²) in [5.74, 6) is 0.106. The molecular formula is C10H19NO3. The van der Waals surface area contributed by atoms with E-state index in [4.69, 9.17) is 4.74 Å². The van der Waals surface area contributed by atoms with E-state index in [1.54, 1.807) is 18.7 Å². The number of likely N-dealkylation sites (tertiary alicyclic amines) is 1. The van der Waals surface area contributed by atoms with Gasteiger partial charge in [0.15, 0.2) is 0 Å². The SMILES string of the molecule is COC(C)(C)C(=O)N1CC(C)C(O)C1. The van der Waals surface area contributed by atoms with Crippen LogP contribution in [0.5, 0.6) is 0 Å². The Hall–Kier alpha value is -0.610. The predicted octanol–water partition coefficient (Wildman–Crippen LogP) is 0.251. The largest absolute Gasteiger partial charge is 0.391 e. The quantitative estimate of drug-likeness (QED) is 0.696. The molecule has 0 spiro atoms. The molecule has 14 heavy (non-hydrogen) atoms. The summed E-state index contributed by atoms with van der Waals surface area (Å²) in [6.45, 7) is 6.47. The van der Waals surface area contributed by atoms with Gasteiger partial charge < -0.3 is 14.7 Å². The Kier molecular flexibility index (Phi) is 3.17. The maximum absolute atomic E-state index is 11.9. The van der Waals surface area contributed by atoms with E-state index in [2.05, 4.69) is 0 Å². The number of carbonyl (C=O) groups excluding carboxylic acids is 1. The van der Waals surface area contributed by atoms with Crippen LogP contribution in [0.15, 0.2) is 0 Å². The van der Waals surface area contributed by atoms with Crippen molar-refractivity contribution >= 4 is 5.91 Å². The molecule has 0 aromatic heterocycles. The van der Waals surface area contributed by atoms with Crippen molar-refractivity contribution < 1.29 is 14.6 Å². The molecule has 0 saturated carbocycles. The summed E-state index contributed by atoms with van der Waals surface area (Å²) in [7, 11) is 1.52. The molecule has 4 nitrogen and oxygen atoms in total. The molecule has 0 radical (unpaired) electrons. The lowest BCUT2D eigenvalue weighted by Gasteiger charge is -2.27. The van der Waals surface area contributed by atoms with Crippen LogP contribution >= 0.6 is 0 Å². The molecule has 4 heteroatoms. The third-order valence-electron chi connectivity index (χ3n) is 2.89. The van der Waals surface area contributed by atoms with Crippen molar-refractivity contribution in [3.63, 3.8) is 0 Å². The standard InChI is InChI=1S/C10H19NO3/c1-7-5-11(6-8(7)12)9(13)10(2,3)14-4/h7-8,12H,5-6H2,1-4H3. The van der Waals surface area contributed by atoms with E-state index < -0.39 is 11.7 Å². The molecular weight excluding hydrogens is 182 g/mol. The minimum Gasteiger partial charge on any atom is -0.391 e. The fraction of sp³-hybridized carbons (Fsp3) is 0.900. The van der Waals surface area contributed by atoms with Gasteiger partial charge in [-0.3, -0.25) is 4.79 Å². The summed E-state index contributed by atoms with van der Waals surface area (Å²) < 4.78 is 5.11. The molecule has 2 unspecified atom stereocenters. The molecule has 2 atom stereocenters. The molecule has 1 fully saturated rings. The maximum Gasteiger partial charge on any atom is 0.254 e. The zero-order chi connectivity index (χ0) is 10.9. The van der Waals surface area contributed by atoms with Crippen LogP contribution in [0.2, 0.25) is 0 Å². The molecule has 1 amide bonds. The van der Waals surface area contributed by atoms with Gasteiger partial charge in [0.05, 0.1) is 6.10 Å². The first-order valence-electron chi connectivity index (χ1n) is 4.91. The highest BCUT2D eigenvalue weighted by Crippen LogP contribution is 2.21. The number of methoxy groups -OCH3 is 1. The van der Waals surface area contributed by atoms with Gasteiger partial charge in [0.1, 0.15) is 5.60 Å². The van der Waals surface area contributed by atoms with Gasteiger partial charge >= 0.3 is 0 Å². The molecule has 0 aromatic rings. The van der Waals surface area contributed by atoms with Crippen LogP contribution < -0.4 is 0 Å². The van der Waals surface area contributed by atoms with E-state index in [1.165, 1.54) is 7.11 Å². The average molecular weight is 201 g/mol. The molecule has 1 rings (SSSR count). The number of aliphatic hydroxyl groups excluding tert-OH is 1. The van der Waals surface area contributed by atoms with Gasteiger partial charge in [0, 0.05) is 26.1 Å². The number of β-amino-alcohol motifs (C(OH)–C–C–N with tert-alkyl or cyclic N) is 1. The van der Waals surface area contributed by atoms with Gasteiger partial charge in [-0.15, -0.1) is 0 Å². The van der Waals surface area contributed by atoms with E-state index in [1.807, 2.05) is 6.92 Å². The lowest BCUT2D eigenvalue weighted by molar-refractivity contribution is -0.150. The van der Waals surface area contributed by atoms with Crippen LogP contribution in [0.3, 0.4) is 0 Å². The fourth-order valence-corrected chi connectivity index (χ4v) is 1.58. The van der Waals surface area contributed by atoms with Gasteiger partial charge in [-0.2, -0.15) is 0 Å². The summed E-state index contributed by atoms with van der Waals surface area (Å²) in [5, 5.41) is 9.52. The molecule has 1 heterocycles. The van der Waals surface area contributed by atoms with Crippen molar-refractivity contribution in [2.45, 2.75) is 32.5 Å². The van der Waals surface area contributed by atoms with E-state index in [0.29, 0.717) is 13.1 Å². The minimum absolute atomic E-state index is 0.0524. The van der Waals surface area contributed by atoms with Gasteiger partial charge in [0.2, 0.25) is 0 Å². The first-order chi connectivity index (χ1) is 6.38. The first kappa shape index (κ1) is 11.5. The molecule has 1 aliphatic rings. The fourth-order valence-electron chi connectivity index (χ4n) is 1.58. The van der Waals surface area contributed by atoms with E-state index in [9.17, 15) is 9.90 Å². The highest BCUT2D eigenvalue weighted by atomic mass is 16.5. The van der Waals surface area contributed by atoms with Gasteiger partial charge in [-0.25, -0.2) is 0 Å². The second kappa shape index (κ2) is 3.87. The Balaban J connectivity index is 2.64. The number of ether oxygens (including phenoxy) is 1. The number of nitrogens with zero attached hydrogens (tertiary/aromatic N) is 1. The van der Waals surface area contributed by atoms with Crippen LogP contribution in [-0.2, 0) is 9.53 Å². The molecule has 82 valence electrons. The minimum atomic E-state index is -0.788. The highest BCUT2D eigenvalue weighted by Gasteiger charge is 2.38. The van der Waals surface area contributed by atoms with Crippen molar-refractivity contribution in [2.75, 3.05) is 20.2 Å². The second-order valence-electron chi connectivity index (χ2n) is 4.47. The van der Waals surface area contributed by atoms with Crippen molar-refractivity contribution in [3.05, 3.63) is 0 Å². The Morgan fingerprint density at radius 3 is 2.43 bits per heavy atom. The van der Waals surface area contributed by atoms with Crippen LogP contribution in [-0.4, -0.2) is 47.8 Å². The summed E-state index contributed by atoms with van der Waals surface area (Å²) in [6, 6.07) is 0. The number of rotatable bonds is 2. The van der Waals surface area contributed by atoms with Crippen molar-refractivity contribution in [1.29, 1.82) is 0 Å². The van der Waals surface area contributed by atoms with E-state index in [0.717, 1.165) is 0 Å². The van der Waals surface area contributed by atoms with Crippen LogP contribution in [0.1, 0.15) is 20.8 Å². The van der Waals surface area contributed by atoms with Crippen molar-refractivity contribution in [1.82, 2.24) is 4.90 Å². The number of aliphatic hydroxyl groups is 1. The maximum atomic E-state index is 11.9. The molecule has 1 aliphatic heterocycles. The smallest absolute Gasteiger partial charge is 0.254 e. The Morgan fingerprint density at radius 1 is 1.50 bits per heavy atom. The molecule has 0 aliphatic carbocycles. The molecule has 0 aromatic carbocycles. The molecule has 0 bridgehead atoms. The topological polar surface area (TPSA) is 49.8 Å². The first-order valence-corrected chi connectivity index (χ1v) is 4.91. The third-order valence-corrected chi connectivity index (χ3v) is 2.89. The average Bonchev–Trinajstić information content (AvgIpc) is 2.45.